The molecular weight excluding hydrogens is 260 g/mol. The van der Waals surface area contributed by atoms with Gasteiger partial charge in [-0.2, -0.15) is 11.8 Å². The van der Waals surface area contributed by atoms with Gasteiger partial charge in [-0.25, -0.2) is 0 Å². The van der Waals surface area contributed by atoms with Gasteiger partial charge >= 0.3 is 0 Å². The zero-order valence-electron chi connectivity index (χ0n) is 8.46. The van der Waals surface area contributed by atoms with E-state index in [2.05, 4.69) is 22.2 Å². The van der Waals surface area contributed by atoms with Crippen molar-refractivity contribution in [1.29, 1.82) is 0 Å². The van der Waals surface area contributed by atoms with E-state index < -0.39 is 0 Å². The zero-order valence-corrected chi connectivity index (χ0v) is 10.9. The molecule has 1 N–H and O–H groups in total. The number of benzene rings is 1. The molecule has 0 saturated heterocycles. The molecule has 1 nitrogen and oxygen atoms in total. The van der Waals surface area contributed by atoms with E-state index in [0.29, 0.717) is 0 Å². The van der Waals surface area contributed by atoms with Crippen LogP contribution in [0.2, 0.25) is 0 Å². The molecule has 78 valence electrons. The molecule has 1 aromatic rings. The lowest BCUT2D eigenvalue weighted by atomic mass is 10.0. The summed E-state index contributed by atoms with van der Waals surface area (Å²) in [6, 6.07) is 6.03. The van der Waals surface area contributed by atoms with E-state index >= 15 is 0 Å². The number of aryl methyl sites for hydroxylation is 1. The fraction of sp³-hybridized carbons (Fsp3) is 0.455. The Morgan fingerprint density at radius 1 is 1.50 bits per heavy atom. The fourth-order valence-electron chi connectivity index (χ4n) is 1.36. The van der Waals surface area contributed by atoms with Gasteiger partial charge in [0.15, 0.2) is 0 Å². The summed E-state index contributed by atoms with van der Waals surface area (Å²) < 4.78 is 1.03. The predicted molar refractivity (Wildman–Crippen MR) is 66.8 cm³/mol. The first kappa shape index (κ1) is 12.1. The van der Waals surface area contributed by atoms with Gasteiger partial charge in [0, 0.05) is 4.47 Å². The van der Waals surface area contributed by atoms with Crippen molar-refractivity contribution < 1.29 is 5.11 Å². The Bertz CT molecular complexity index is 301. The lowest BCUT2D eigenvalue weighted by Crippen LogP contribution is -2.01. The number of hydrogen-bond donors (Lipinski definition) is 1. The van der Waals surface area contributed by atoms with Crippen molar-refractivity contribution in [3.8, 4) is 0 Å². The predicted octanol–water partition coefficient (Wildman–Crippen LogP) is 3.54. The van der Waals surface area contributed by atoms with Crippen LogP contribution >= 0.6 is 27.7 Å². The van der Waals surface area contributed by atoms with Gasteiger partial charge in [-0.15, -0.1) is 0 Å². The number of halogens is 1. The first-order chi connectivity index (χ1) is 6.65. The Hall–Kier alpha value is 0.01000. The standard InChI is InChI=1S/C11H15BrOS/c1-8-3-4-9(12)7-10(8)11(13)5-6-14-2/h3-4,7,11,13H,5-6H2,1-2H3. The maximum atomic E-state index is 9.92. The van der Waals surface area contributed by atoms with Crippen molar-refractivity contribution in [1.82, 2.24) is 0 Å². The van der Waals surface area contributed by atoms with Crippen LogP contribution in [-0.4, -0.2) is 17.1 Å². The molecule has 0 aliphatic carbocycles. The van der Waals surface area contributed by atoms with Crippen LogP contribution in [0.1, 0.15) is 23.7 Å². The van der Waals surface area contributed by atoms with E-state index in [9.17, 15) is 5.11 Å². The third kappa shape index (κ3) is 3.30. The summed E-state index contributed by atoms with van der Waals surface area (Å²) in [5.74, 6) is 0.993. The van der Waals surface area contributed by atoms with Crippen LogP contribution in [-0.2, 0) is 0 Å². The molecule has 0 radical (unpaired) electrons. The minimum Gasteiger partial charge on any atom is -0.388 e. The summed E-state index contributed by atoms with van der Waals surface area (Å²) in [5.41, 5.74) is 2.19. The second-order valence-corrected chi connectivity index (χ2v) is 5.20. The SMILES string of the molecule is CSCCC(O)c1cc(Br)ccc1C. The van der Waals surface area contributed by atoms with E-state index in [0.717, 1.165) is 27.8 Å². The largest absolute Gasteiger partial charge is 0.388 e. The molecular formula is C11H15BrOS. The average molecular weight is 275 g/mol. The minimum absolute atomic E-state index is 0.333. The third-order valence-electron chi connectivity index (χ3n) is 2.20. The summed E-state index contributed by atoms with van der Waals surface area (Å²) in [6.07, 6.45) is 2.54. The Morgan fingerprint density at radius 2 is 2.21 bits per heavy atom. The summed E-state index contributed by atoms with van der Waals surface area (Å²) in [4.78, 5) is 0. The van der Waals surface area contributed by atoms with Crippen molar-refractivity contribution >= 4 is 27.7 Å². The minimum atomic E-state index is -0.333. The molecule has 0 fully saturated rings. The van der Waals surface area contributed by atoms with Crippen molar-refractivity contribution in [2.45, 2.75) is 19.4 Å². The van der Waals surface area contributed by atoms with Gasteiger partial charge in [-0.1, -0.05) is 22.0 Å². The van der Waals surface area contributed by atoms with Crippen LogP contribution < -0.4 is 0 Å². The Morgan fingerprint density at radius 3 is 2.86 bits per heavy atom. The second kappa shape index (κ2) is 5.79. The number of aliphatic hydroxyl groups is 1. The van der Waals surface area contributed by atoms with Crippen LogP contribution in [0.15, 0.2) is 22.7 Å². The van der Waals surface area contributed by atoms with Crippen molar-refractivity contribution in [2.75, 3.05) is 12.0 Å². The molecule has 3 heteroatoms. The molecule has 0 saturated carbocycles. The number of rotatable bonds is 4. The summed E-state index contributed by atoms with van der Waals surface area (Å²) in [7, 11) is 0. The smallest absolute Gasteiger partial charge is 0.0800 e. The van der Waals surface area contributed by atoms with Gasteiger partial charge < -0.3 is 5.11 Å². The zero-order chi connectivity index (χ0) is 10.6. The van der Waals surface area contributed by atoms with Crippen molar-refractivity contribution in [3.63, 3.8) is 0 Å². The summed E-state index contributed by atoms with van der Waals surface area (Å²) >= 11 is 5.18. The Balaban J connectivity index is 2.77. The van der Waals surface area contributed by atoms with Crippen LogP contribution in [0.5, 0.6) is 0 Å². The van der Waals surface area contributed by atoms with Gasteiger partial charge in [0.25, 0.3) is 0 Å². The molecule has 0 amide bonds. The van der Waals surface area contributed by atoms with E-state index in [1.54, 1.807) is 11.8 Å². The van der Waals surface area contributed by atoms with Gasteiger partial charge in [0.2, 0.25) is 0 Å². The maximum absolute atomic E-state index is 9.92. The van der Waals surface area contributed by atoms with E-state index in [4.69, 9.17) is 0 Å². The normalized spacial score (nSPS) is 12.9. The molecule has 1 unspecified atom stereocenters. The Labute approximate surface area is 98.0 Å². The van der Waals surface area contributed by atoms with Crippen LogP contribution in [0.4, 0.5) is 0 Å². The molecule has 0 aliphatic rings. The van der Waals surface area contributed by atoms with Gasteiger partial charge in [-0.3, -0.25) is 0 Å². The number of hydrogen-bond acceptors (Lipinski definition) is 2. The molecule has 14 heavy (non-hydrogen) atoms. The lowest BCUT2D eigenvalue weighted by Gasteiger charge is -2.13. The van der Waals surface area contributed by atoms with Gasteiger partial charge in [0.05, 0.1) is 6.10 Å². The Kier molecular flexibility index (Phi) is 4.99. The molecule has 0 aliphatic heterocycles. The van der Waals surface area contributed by atoms with Crippen molar-refractivity contribution in [2.24, 2.45) is 0 Å². The molecule has 0 heterocycles. The molecule has 0 aromatic heterocycles. The number of thioether (sulfide) groups is 1. The highest BCUT2D eigenvalue weighted by atomic mass is 79.9. The first-order valence-corrected chi connectivity index (χ1v) is 6.77. The van der Waals surface area contributed by atoms with Gasteiger partial charge in [0.1, 0.15) is 0 Å². The molecule has 0 bridgehead atoms. The highest BCUT2D eigenvalue weighted by Crippen LogP contribution is 2.25. The third-order valence-corrected chi connectivity index (χ3v) is 3.33. The van der Waals surface area contributed by atoms with E-state index in [-0.39, 0.29) is 6.10 Å². The van der Waals surface area contributed by atoms with Crippen LogP contribution in [0.3, 0.4) is 0 Å². The molecule has 1 aromatic carbocycles. The van der Waals surface area contributed by atoms with Crippen molar-refractivity contribution in [3.05, 3.63) is 33.8 Å². The molecule has 1 rings (SSSR count). The van der Waals surface area contributed by atoms with Gasteiger partial charge in [-0.05, 0) is 48.6 Å². The fourth-order valence-corrected chi connectivity index (χ4v) is 2.19. The van der Waals surface area contributed by atoms with E-state index in [1.165, 1.54) is 0 Å². The first-order valence-electron chi connectivity index (χ1n) is 4.58. The topological polar surface area (TPSA) is 20.2 Å². The quantitative estimate of drug-likeness (QED) is 0.907. The summed E-state index contributed by atoms with van der Waals surface area (Å²) in [6.45, 7) is 2.03. The lowest BCUT2D eigenvalue weighted by molar-refractivity contribution is 0.174. The van der Waals surface area contributed by atoms with E-state index in [1.807, 2.05) is 25.1 Å². The maximum Gasteiger partial charge on any atom is 0.0800 e. The highest BCUT2D eigenvalue weighted by molar-refractivity contribution is 9.10. The molecule has 0 spiro atoms. The monoisotopic (exact) mass is 274 g/mol. The summed E-state index contributed by atoms with van der Waals surface area (Å²) in [5, 5.41) is 9.92. The molecule has 1 atom stereocenters. The highest BCUT2D eigenvalue weighted by Gasteiger charge is 2.09. The average Bonchev–Trinajstić information content (AvgIpc) is 2.18. The second-order valence-electron chi connectivity index (χ2n) is 3.30. The van der Waals surface area contributed by atoms with Crippen LogP contribution in [0.25, 0.3) is 0 Å². The number of aliphatic hydroxyl groups excluding tert-OH is 1. The van der Waals surface area contributed by atoms with Crippen LogP contribution in [0, 0.1) is 6.92 Å².